The molecule has 0 fully saturated rings. The van der Waals surface area contributed by atoms with Crippen molar-refractivity contribution in [3.05, 3.63) is 11.5 Å². The third kappa shape index (κ3) is 3.21. The molecule has 0 atom stereocenters. The summed E-state index contributed by atoms with van der Waals surface area (Å²) in [5.74, 6) is 0.998. The van der Waals surface area contributed by atoms with Gasteiger partial charge in [0.25, 0.3) is 0 Å². The van der Waals surface area contributed by atoms with Gasteiger partial charge in [0.2, 0.25) is 0 Å². The van der Waals surface area contributed by atoms with Crippen LogP contribution >= 0.6 is 11.6 Å². The second-order valence-electron chi connectivity index (χ2n) is 3.99. The molecule has 0 aliphatic rings. The van der Waals surface area contributed by atoms with Crippen molar-refractivity contribution in [1.29, 1.82) is 0 Å². The van der Waals surface area contributed by atoms with Gasteiger partial charge in [-0.3, -0.25) is 0 Å². The molecule has 0 radical (unpaired) electrons. The van der Waals surface area contributed by atoms with E-state index in [0.29, 0.717) is 18.2 Å². The minimum Gasteiger partial charge on any atom is -0.490 e. The molecule has 6 heteroatoms. The van der Waals surface area contributed by atoms with E-state index in [1.165, 1.54) is 13.4 Å². The van der Waals surface area contributed by atoms with E-state index in [9.17, 15) is 0 Å². The van der Waals surface area contributed by atoms with Gasteiger partial charge in [0.15, 0.2) is 16.7 Å². The molecule has 1 aromatic heterocycles. The van der Waals surface area contributed by atoms with Crippen molar-refractivity contribution in [2.75, 3.05) is 26.1 Å². The Kier molecular flexibility index (Phi) is 4.32. The molecule has 0 aliphatic carbocycles. The van der Waals surface area contributed by atoms with E-state index in [0.717, 1.165) is 0 Å². The maximum atomic E-state index is 5.89. The lowest BCUT2D eigenvalue weighted by Crippen LogP contribution is -2.36. The molecule has 0 amide bonds. The zero-order valence-electron chi connectivity index (χ0n) is 9.87. The van der Waals surface area contributed by atoms with Crippen molar-refractivity contribution in [2.45, 2.75) is 19.4 Å². The molecule has 16 heavy (non-hydrogen) atoms. The summed E-state index contributed by atoms with van der Waals surface area (Å²) in [5, 5.41) is 3.48. The summed E-state index contributed by atoms with van der Waals surface area (Å²) in [7, 11) is 3.17. The number of methoxy groups -OCH3 is 2. The van der Waals surface area contributed by atoms with E-state index in [4.69, 9.17) is 21.1 Å². The maximum Gasteiger partial charge on any atom is 0.198 e. The smallest absolute Gasteiger partial charge is 0.198 e. The van der Waals surface area contributed by atoms with E-state index in [-0.39, 0.29) is 10.7 Å². The molecule has 0 aromatic carbocycles. The van der Waals surface area contributed by atoms with Crippen LogP contribution in [0.3, 0.4) is 0 Å². The van der Waals surface area contributed by atoms with E-state index < -0.39 is 0 Å². The fraction of sp³-hybridized carbons (Fsp3) is 0.600. The van der Waals surface area contributed by atoms with Gasteiger partial charge < -0.3 is 14.8 Å². The quantitative estimate of drug-likeness (QED) is 0.804. The van der Waals surface area contributed by atoms with E-state index >= 15 is 0 Å². The highest BCUT2D eigenvalue weighted by atomic mass is 35.5. The number of nitrogens with zero attached hydrogens (tertiary/aromatic N) is 2. The molecule has 1 rings (SSSR count). The van der Waals surface area contributed by atoms with Crippen LogP contribution in [0.4, 0.5) is 5.82 Å². The van der Waals surface area contributed by atoms with Crippen LogP contribution in [0, 0.1) is 0 Å². The Morgan fingerprint density at radius 1 is 1.38 bits per heavy atom. The van der Waals surface area contributed by atoms with Crippen molar-refractivity contribution < 1.29 is 9.47 Å². The van der Waals surface area contributed by atoms with Crippen LogP contribution in [0.15, 0.2) is 6.33 Å². The van der Waals surface area contributed by atoms with Gasteiger partial charge in [0.05, 0.1) is 19.3 Å². The summed E-state index contributed by atoms with van der Waals surface area (Å²) < 4.78 is 10.2. The maximum absolute atomic E-state index is 5.89. The highest BCUT2D eigenvalue weighted by Gasteiger charge is 2.21. The average Bonchev–Trinajstić information content (AvgIpc) is 2.17. The first-order valence-corrected chi connectivity index (χ1v) is 5.19. The first-order chi connectivity index (χ1) is 7.50. The molecule has 5 nitrogen and oxygen atoms in total. The monoisotopic (exact) mass is 245 g/mol. The van der Waals surface area contributed by atoms with Gasteiger partial charge in [-0.1, -0.05) is 11.6 Å². The normalized spacial score (nSPS) is 11.3. The number of hydrogen-bond acceptors (Lipinski definition) is 5. The Morgan fingerprint density at radius 2 is 2.06 bits per heavy atom. The second kappa shape index (κ2) is 5.32. The topological polar surface area (TPSA) is 56.3 Å². The minimum absolute atomic E-state index is 0.264. The second-order valence-corrected chi connectivity index (χ2v) is 4.35. The van der Waals surface area contributed by atoms with Crippen molar-refractivity contribution >= 4 is 17.4 Å². The molecule has 0 saturated heterocycles. The number of rotatable bonds is 5. The average molecular weight is 246 g/mol. The van der Waals surface area contributed by atoms with Gasteiger partial charge in [-0.15, -0.1) is 0 Å². The van der Waals surface area contributed by atoms with Crippen LogP contribution in [0.2, 0.25) is 5.15 Å². The summed E-state index contributed by atoms with van der Waals surface area (Å²) in [6.45, 7) is 4.52. The van der Waals surface area contributed by atoms with Gasteiger partial charge in [-0.2, -0.15) is 0 Å². The molecule has 0 saturated carbocycles. The minimum atomic E-state index is -0.264. The van der Waals surface area contributed by atoms with Gasteiger partial charge in [-0.05, 0) is 13.8 Å². The molecular weight excluding hydrogens is 230 g/mol. The standard InChI is InChI=1S/C10H16ClN3O2/c1-10(2,5-15-3)14-9-7(16-4)8(11)12-6-13-9/h6H,5H2,1-4H3,(H,12,13,14). The fourth-order valence-electron chi connectivity index (χ4n) is 1.34. The van der Waals surface area contributed by atoms with Gasteiger partial charge in [0, 0.05) is 7.11 Å². The Hall–Kier alpha value is -1.07. The zero-order chi connectivity index (χ0) is 12.2. The summed E-state index contributed by atoms with van der Waals surface area (Å²) in [5.41, 5.74) is -0.264. The number of ether oxygens (including phenoxy) is 2. The predicted molar refractivity (Wildman–Crippen MR) is 63.2 cm³/mol. The van der Waals surface area contributed by atoms with Crippen LogP contribution in [-0.4, -0.2) is 36.3 Å². The number of anilines is 1. The number of hydrogen-bond donors (Lipinski definition) is 1. The van der Waals surface area contributed by atoms with E-state index in [1.54, 1.807) is 7.11 Å². The van der Waals surface area contributed by atoms with E-state index in [1.807, 2.05) is 13.8 Å². The molecular formula is C10H16ClN3O2. The van der Waals surface area contributed by atoms with Crippen LogP contribution in [0.5, 0.6) is 5.75 Å². The predicted octanol–water partition coefficient (Wildman–Crippen LogP) is 1.98. The summed E-state index contributed by atoms with van der Waals surface area (Å²) in [6, 6.07) is 0. The van der Waals surface area contributed by atoms with Crippen LogP contribution in [0.25, 0.3) is 0 Å². The SMILES string of the molecule is COCC(C)(C)Nc1ncnc(Cl)c1OC. The number of aromatic nitrogens is 2. The third-order valence-electron chi connectivity index (χ3n) is 1.93. The molecule has 0 bridgehead atoms. The fourth-order valence-corrected chi connectivity index (χ4v) is 1.55. The molecule has 90 valence electrons. The molecule has 1 heterocycles. The Balaban J connectivity index is 2.92. The third-order valence-corrected chi connectivity index (χ3v) is 2.20. The lowest BCUT2D eigenvalue weighted by Gasteiger charge is -2.26. The summed E-state index contributed by atoms with van der Waals surface area (Å²) >= 11 is 5.89. The van der Waals surface area contributed by atoms with Crippen LogP contribution in [-0.2, 0) is 4.74 Å². The lowest BCUT2D eigenvalue weighted by atomic mass is 10.1. The van der Waals surface area contributed by atoms with Crippen molar-refractivity contribution in [3.8, 4) is 5.75 Å². The highest BCUT2D eigenvalue weighted by molar-refractivity contribution is 6.31. The van der Waals surface area contributed by atoms with Crippen LogP contribution < -0.4 is 10.1 Å². The summed E-state index contributed by atoms with van der Waals surface area (Å²) in [4.78, 5) is 7.94. The molecule has 0 aliphatic heterocycles. The van der Waals surface area contributed by atoms with Gasteiger partial charge in [0.1, 0.15) is 6.33 Å². The molecule has 0 unspecified atom stereocenters. The number of nitrogens with one attached hydrogen (secondary N) is 1. The lowest BCUT2D eigenvalue weighted by molar-refractivity contribution is 0.158. The van der Waals surface area contributed by atoms with E-state index in [2.05, 4.69) is 15.3 Å². The highest BCUT2D eigenvalue weighted by Crippen LogP contribution is 2.30. The molecule has 0 spiro atoms. The first kappa shape index (κ1) is 13.0. The summed E-state index contributed by atoms with van der Waals surface area (Å²) in [6.07, 6.45) is 1.38. The van der Waals surface area contributed by atoms with Crippen molar-refractivity contribution in [2.24, 2.45) is 0 Å². The molecule has 1 aromatic rings. The first-order valence-electron chi connectivity index (χ1n) is 4.82. The van der Waals surface area contributed by atoms with Gasteiger partial charge >= 0.3 is 0 Å². The Labute approximate surface area is 100 Å². The molecule has 1 N–H and O–H groups in total. The Morgan fingerprint density at radius 3 is 2.62 bits per heavy atom. The van der Waals surface area contributed by atoms with Gasteiger partial charge in [-0.25, -0.2) is 9.97 Å². The van der Waals surface area contributed by atoms with Crippen molar-refractivity contribution in [3.63, 3.8) is 0 Å². The largest absolute Gasteiger partial charge is 0.490 e. The number of halogens is 1. The zero-order valence-corrected chi connectivity index (χ0v) is 10.6. The van der Waals surface area contributed by atoms with Crippen molar-refractivity contribution in [1.82, 2.24) is 9.97 Å². The Bertz CT molecular complexity index is 358. The van der Waals surface area contributed by atoms with Crippen LogP contribution in [0.1, 0.15) is 13.8 Å².